The molecule has 0 unspecified atom stereocenters. The average molecular weight is 328 g/mol. The zero-order valence-corrected chi connectivity index (χ0v) is 14.3. The van der Waals surface area contributed by atoms with E-state index in [2.05, 4.69) is 36.1 Å². The number of nitrogens with zero attached hydrogens (tertiary/aromatic N) is 1. The first-order chi connectivity index (χ1) is 11.1. The molecular formula is C18H20N2O2S. The Bertz CT molecular complexity index is 801. The molecule has 4 nitrogen and oxygen atoms in total. The molecule has 0 saturated heterocycles. The van der Waals surface area contributed by atoms with Crippen molar-refractivity contribution in [2.45, 2.75) is 26.4 Å². The molecule has 0 spiro atoms. The van der Waals surface area contributed by atoms with Gasteiger partial charge in [-0.2, -0.15) is 0 Å². The summed E-state index contributed by atoms with van der Waals surface area (Å²) in [6.45, 7) is 4.74. The van der Waals surface area contributed by atoms with Crippen LogP contribution in [0.15, 0.2) is 42.7 Å². The van der Waals surface area contributed by atoms with Crippen LogP contribution in [0.4, 0.5) is 0 Å². The predicted octanol–water partition coefficient (Wildman–Crippen LogP) is 4.22. The smallest absolute Gasteiger partial charge is 0.261 e. The van der Waals surface area contributed by atoms with Gasteiger partial charge in [0, 0.05) is 35.9 Å². The maximum absolute atomic E-state index is 12.4. The zero-order valence-electron chi connectivity index (χ0n) is 13.5. The van der Waals surface area contributed by atoms with Crippen molar-refractivity contribution < 1.29 is 9.53 Å². The first-order valence-corrected chi connectivity index (χ1v) is 8.41. The quantitative estimate of drug-likeness (QED) is 0.762. The van der Waals surface area contributed by atoms with Crippen LogP contribution >= 0.6 is 11.3 Å². The molecule has 2 aromatic heterocycles. The van der Waals surface area contributed by atoms with Gasteiger partial charge in [0.05, 0.1) is 16.7 Å². The molecule has 2 heterocycles. The summed E-state index contributed by atoms with van der Waals surface area (Å²) in [4.78, 5) is 13.1. The lowest BCUT2D eigenvalue weighted by Gasteiger charge is -2.08. The minimum Gasteiger partial charge on any atom is -0.496 e. The van der Waals surface area contributed by atoms with Crippen LogP contribution in [0, 0.1) is 0 Å². The first kappa shape index (κ1) is 15.6. The Morgan fingerprint density at radius 2 is 2.09 bits per heavy atom. The minimum atomic E-state index is -0.0480. The number of nitrogens with one attached hydrogen (secondary N) is 1. The Hall–Kier alpha value is -2.27. The monoisotopic (exact) mass is 328 g/mol. The molecule has 1 amide bonds. The Kier molecular flexibility index (Phi) is 4.39. The van der Waals surface area contributed by atoms with Gasteiger partial charge in [-0.1, -0.05) is 18.2 Å². The number of rotatable bonds is 5. The second-order valence-electron chi connectivity index (χ2n) is 5.72. The Labute approximate surface area is 139 Å². The molecule has 0 aliphatic carbocycles. The van der Waals surface area contributed by atoms with Gasteiger partial charge < -0.3 is 14.6 Å². The highest BCUT2D eigenvalue weighted by atomic mass is 32.1. The molecule has 0 fully saturated rings. The molecule has 1 N–H and O–H groups in total. The summed E-state index contributed by atoms with van der Waals surface area (Å²) in [5.41, 5.74) is 0.969. The van der Waals surface area contributed by atoms with E-state index in [1.54, 1.807) is 7.11 Å². The fraction of sp³-hybridized carbons (Fsp3) is 0.278. The Balaban J connectivity index is 1.72. The summed E-state index contributed by atoms with van der Waals surface area (Å²) < 4.78 is 8.61. The first-order valence-electron chi connectivity index (χ1n) is 7.59. The van der Waals surface area contributed by atoms with Gasteiger partial charge in [0.2, 0.25) is 0 Å². The normalized spacial score (nSPS) is 11.1. The number of para-hydroxylation sites is 1. The average Bonchev–Trinajstić information content (AvgIpc) is 3.11. The topological polar surface area (TPSA) is 43.3 Å². The molecule has 5 heteroatoms. The van der Waals surface area contributed by atoms with E-state index in [9.17, 15) is 4.79 Å². The largest absolute Gasteiger partial charge is 0.496 e. The molecule has 0 aliphatic heterocycles. The lowest BCUT2D eigenvalue weighted by molar-refractivity contribution is 0.0955. The van der Waals surface area contributed by atoms with E-state index in [4.69, 9.17) is 4.74 Å². The number of amides is 1. The van der Waals surface area contributed by atoms with Gasteiger partial charge >= 0.3 is 0 Å². The van der Waals surface area contributed by atoms with Crippen molar-refractivity contribution in [3.05, 3.63) is 53.2 Å². The maximum atomic E-state index is 12.4. The molecule has 0 bridgehead atoms. The zero-order chi connectivity index (χ0) is 16.4. The number of benzene rings is 1. The molecule has 0 atom stereocenters. The molecule has 1 aromatic carbocycles. The fourth-order valence-corrected chi connectivity index (χ4v) is 3.47. The lowest BCUT2D eigenvalue weighted by atomic mass is 10.2. The minimum absolute atomic E-state index is 0.0480. The van der Waals surface area contributed by atoms with Crippen molar-refractivity contribution in [2.75, 3.05) is 7.11 Å². The third kappa shape index (κ3) is 3.24. The van der Waals surface area contributed by atoms with Crippen LogP contribution in [-0.2, 0) is 6.54 Å². The van der Waals surface area contributed by atoms with Crippen LogP contribution in [0.2, 0.25) is 0 Å². The number of aromatic nitrogens is 1. The highest BCUT2D eigenvalue weighted by Gasteiger charge is 2.13. The van der Waals surface area contributed by atoms with E-state index in [-0.39, 0.29) is 5.91 Å². The summed E-state index contributed by atoms with van der Waals surface area (Å²) in [6, 6.07) is 10.1. The van der Waals surface area contributed by atoms with Crippen molar-refractivity contribution in [1.82, 2.24) is 9.88 Å². The van der Waals surface area contributed by atoms with Gasteiger partial charge in [-0.05, 0) is 26.0 Å². The number of methoxy groups -OCH3 is 1. The van der Waals surface area contributed by atoms with E-state index in [1.807, 2.05) is 30.3 Å². The van der Waals surface area contributed by atoms with Gasteiger partial charge in [0.25, 0.3) is 5.91 Å². The third-order valence-corrected chi connectivity index (χ3v) is 4.88. The second kappa shape index (κ2) is 6.46. The standard InChI is InChI=1S/C18H20N2O2S/c1-12(2)20-10-14-8-16(23-17(14)11-20)18(21)19-9-13-6-4-5-7-15(13)22-3/h4-8,10-12H,9H2,1-3H3,(H,19,21). The predicted molar refractivity (Wildman–Crippen MR) is 94.4 cm³/mol. The second-order valence-corrected chi connectivity index (χ2v) is 6.81. The van der Waals surface area contributed by atoms with Gasteiger partial charge in [0.15, 0.2) is 0 Å². The van der Waals surface area contributed by atoms with Gasteiger partial charge in [-0.25, -0.2) is 0 Å². The summed E-state index contributed by atoms with van der Waals surface area (Å²) in [7, 11) is 1.64. The van der Waals surface area contributed by atoms with Crippen molar-refractivity contribution in [3.8, 4) is 5.75 Å². The molecule has 3 aromatic rings. The van der Waals surface area contributed by atoms with Crippen molar-refractivity contribution in [1.29, 1.82) is 0 Å². The molecule has 3 rings (SSSR count). The van der Waals surface area contributed by atoms with Crippen molar-refractivity contribution >= 4 is 27.3 Å². The maximum Gasteiger partial charge on any atom is 0.261 e. The number of hydrogen-bond donors (Lipinski definition) is 1. The van der Waals surface area contributed by atoms with Gasteiger partial charge in [-0.3, -0.25) is 4.79 Å². The molecule has 0 aliphatic rings. The number of ether oxygens (including phenoxy) is 1. The van der Waals surface area contributed by atoms with E-state index in [0.29, 0.717) is 12.6 Å². The Morgan fingerprint density at radius 3 is 2.78 bits per heavy atom. The van der Waals surface area contributed by atoms with Crippen LogP contribution in [0.25, 0.3) is 10.1 Å². The van der Waals surface area contributed by atoms with Crippen LogP contribution in [0.5, 0.6) is 5.75 Å². The number of hydrogen-bond acceptors (Lipinski definition) is 3. The molecular weight excluding hydrogens is 308 g/mol. The van der Waals surface area contributed by atoms with Gasteiger partial charge in [-0.15, -0.1) is 11.3 Å². The Morgan fingerprint density at radius 1 is 1.30 bits per heavy atom. The highest BCUT2D eigenvalue weighted by Crippen LogP contribution is 2.28. The lowest BCUT2D eigenvalue weighted by Crippen LogP contribution is -2.22. The number of thiophene rings is 1. The van der Waals surface area contributed by atoms with E-state index < -0.39 is 0 Å². The molecule has 0 saturated carbocycles. The fourth-order valence-electron chi connectivity index (χ4n) is 2.48. The summed E-state index contributed by atoms with van der Waals surface area (Å²) in [5, 5.41) is 4.08. The number of carbonyl (C=O) groups is 1. The van der Waals surface area contributed by atoms with Crippen LogP contribution < -0.4 is 10.1 Å². The van der Waals surface area contributed by atoms with Gasteiger partial charge in [0.1, 0.15) is 5.75 Å². The van der Waals surface area contributed by atoms with E-state index in [1.165, 1.54) is 11.3 Å². The van der Waals surface area contributed by atoms with E-state index >= 15 is 0 Å². The molecule has 23 heavy (non-hydrogen) atoms. The summed E-state index contributed by atoms with van der Waals surface area (Å²) >= 11 is 1.52. The van der Waals surface area contributed by atoms with Crippen LogP contribution in [0.1, 0.15) is 35.1 Å². The SMILES string of the molecule is COc1ccccc1CNC(=O)c1cc2cn(C(C)C)cc2s1. The van der Waals surface area contributed by atoms with Crippen molar-refractivity contribution in [3.63, 3.8) is 0 Å². The highest BCUT2D eigenvalue weighted by molar-refractivity contribution is 7.20. The van der Waals surface area contributed by atoms with Crippen LogP contribution in [0.3, 0.4) is 0 Å². The molecule has 0 radical (unpaired) electrons. The molecule has 120 valence electrons. The van der Waals surface area contributed by atoms with E-state index in [0.717, 1.165) is 26.3 Å². The third-order valence-electron chi connectivity index (χ3n) is 3.80. The summed E-state index contributed by atoms with van der Waals surface area (Å²) in [5.74, 6) is 0.740. The summed E-state index contributed by atoms with van der Waals surface area (Å²) in [6.07, 6.45) is 4.19. The number of fused-ring (bicyclic) bond motifs is 1. The van der Waals surface area contributed by atoms with Crippen LogP contribution in [-0.4, -0.2) is 17.6 Å². The van der Waals surface area contributed by atoms with Crippen molar-refractivity contribution in [2.24, 2.45) is 0 Å². The number of carbonyl (C=O) groups excluding carboxylic acids is 1.